The molecule has 1 saturated heterocycles. The molecule has 1 aliphatic carbocycles. The highest BCUT2D eigenvalue weighted by atomic mass is 16.5. The summed E-state index contributed by atoms with van der Waals surface area (Å²) in [5.41, 5.74) is 1.63. The first kappa shape index (κ1) is 18.2. The number of nitrogens with one attached hydrogen (secondary N) is 1. The summed E-state index contributed by atoms with van der Waals surface area (Å²) in [6, 6.07) is 22.9. The highest BCUT2D eigenvalue weighted by Crippen LogP contribution is 2.66. The van der Waals surface area contributed by atoms with Gasteiger partial charge in [-0.15, -0.1) is 0 Å². The Bertz CT molecular complexity index is 1310. The number of Topliss-reactive ketones (excluding diaryl/α,β-unsaturated/α-hetero) is 1. The van der Waals surface area contributed by atoms with Crippen LogP contribution < -0.4 is 10.0 Å². The van der Waals surface area contributed by atoms with E-state index in [-0.39, 0.29) is 17.6 Å². The predicted molar refractivity (Wildman–Crippen MR) is 122 cm³/mol. The third kappa shape index (κ3) is 2.12. The van der Waals surface area contributed by atoms with Gasteiger partial charge in [0, 0.05) is 29.3 Å². The van der Waals surface area contributed by atoms with Crippen molar-refractivity contribution in [3.8, 4) is 5.75 Å². The topological polar surface area (TPSA) is 58.6 Å². The summed E-state index contributed by atoms with van der Waals surface area (Å²) in [6.07, 6.45) is 0.455. The molecule has 0 radical (unpaired) electrons. The van der Waals surface area contributed by atoms with Gasteiger partial charge in [0.2, 0.25) is 0 Å². The molecule has 1 N–H and O–H groups in total. The fourth-order valence-corrected chi connectivity index (χ4v) is 6.46. The molecule has 3 aliphatic rings. The molecule has 0 bridgehead atoms. The Kier molecular flexibility index (Phi) is 3.71. The fraction of sp³-hybridized carbons (Fsp3) is 0.259. The molecular weight excluding hydrogens is 400 g/mol. The van der Waals surface area contributed by atoms with E-state index in [4.69, 9.17) is 6.15 Å². The van der Waals surface area contributed by atoms with Gasteiger partial charge >= 0.3 is 0 Å². The van der Waals surface area contributed by atoms with Gasteiger partial charge in [-0.2, -0.15) is 0 Å². The molecule has 32 heavy (non-hydrogen) atoms. The number of benzene rings is 3. The van der Waals surface area contributed by atoms with Gasteiger partial charge < -0.3 is 10.0 Å². The van der Waals surface area contributed by atoms with Crippen molar-refractivity contribution in [1.82, 2.24) is 4.90 Å². The third-order valence-corrected chi connectivity index (χ3v) is 7.75. The van der Waals surface area contributed by atoms with Crippen molar-refractivity contribution in [2.24, 2.45) is 5.41 Å². The van der Waals surface area contributed by atoms with Crippen LogP contribution in [0.15, 0.2) is 72.8 Å². The molecule has 0 unspecified atom stereocenters. The second-order valence-electron chi connectivity index (χ2n) is 8.99. The van der Waals surface area contributed by atoms with E-state index in [1.807, 2.05) is 78.7 Å². The first-order valence-electron chi connectivity index (χ1n) is 11.3. The van der Waals surface area contributed by atoms with E-state index >= 15 is 0 Å². The van der Waals surface area contributed by atoms with E-state index < -0.39 is 11.0 Å². The number of likely N-dealkylation sites (tertiary alicyclic amines) is 1. The largest absolute Gasteiger partial charge is 0.497 e. The molecule has 3 aromatic rings. The maximum Gasteiger partial charge on any atom is 0.250 e. The number of likely N-dealkylation sites (N-methyl/N-ethyl adjacent to an activating group) is 1. The maximum absolute atomic E-state index is 14.4. The first-order chi connectivity index (χ1) is 16.0. The lowest BCUT2D eigenvalue weighted by Gasteiger charge is -2.43. The Labute approximate surface area is 188 Å². The number of para-hydroxylation sites is 1. The number of ketones is 1. The predicted octanol–water partition coefficient (Wildman–Crippen LogP) is 4.00. The smallest absolute Gasteiger partial charge is 0.250 e. The second kappa shape index (κ2) is 6.53. The molecule has 2 heterocycles. The lowest BCUT2D eigenvalue weighted by molar-refractivity contribution is -0.130. The van der Waals surface area contributed by atoms with E-state index in [9.17, 15) is 9.59 Å². The number of ether oxygens (including phenoxy) is 1. The van der Waals surface area contributed by atoms with E-state index in [1.165, 1.54) is 0 Å². The summed E-state index contributed by atoms with van der Waals surface area (Å²) < 4.78 is 14.0. The lowest BCUT2D eigenvalue weighted by atomic mass is 9.59. The Balaban J connectivity index is 1.66. The number of methoxy groups -OCH3 is 1. The van der Waals surface area contributed by atoms with Crippen LogP contribution in [0, 0.1) is 5.41 Å². The van der Waals surface area contributed by atoms with Gasteiger partial charge in [-0.1, -0.05) is 54.6 Å². The van der Waals surface area contributed by atoms with Crippen LogP contribution in [-0.4, -0.2) is 37.3 Å². The number of amides is 1. The van der Waals surface area contributed by atoms with Gasteiger partial charge in [-0.25, -0.2) is 0 Å². The first-order valence-corrected chi connectivity index (χ1v) is 10.9. The van der Waals surface area contributed by atoms with Gasteiger partial charge in [0.15, 0.2) is 7.20 Å². The minimum atomic E-state index is -1.24. The number of rotatable bonds is 2. The SMILES string of the molecule is [3H]N1C(=O)[C@@]2(c3ccccc31)N(C)C[C@@H](c1ccc(OC)cc1)[C@@]21Cc2ccccc2C1=O. The molecule has 2 spiro atoms. The average molecular weight is 427 g/mol. The average Bonchev–Trinajstić information content (AvgIpc) is 3.38. The Hall–Kier alpha value is -3.44. The fourth-order valence-electron chi connectivity index (χ4n) is 6.46. The van der Waals surface area contributed by atoms with Crippen LogP contribution in [0.25, 0.3) is 0 Å². The van der Waals surface area contributed by atoms with Crippen LogP contribution in [0.4, 0.5) is 5.69 Å². The molecular formula is C27H24N2O3. The van der Waals surface area contributed by atoms with Crippen LogP contribution in [0.5, 0.6) is 5.75 Å². The molecule has 5 nitrogen and oxygen atoms in total. The maximum atomic E-state index is 14.4. The zero-order valence-electron chi connectivity index (χ0n) is 19.0. The summed E-state index contributed by atoms with van der Waals surface area (Å²) in [6.45, 7) is 0.528. The molecule has 160 valence electrons. The summed E-state index contributed by atoms with van der Waals surface area (Å²) in [7, 11) is 3.54. The molecule has 1 fully saturated rings. The van der Waals surface area contributed by atoms with Crippen molar-refractivity contribution in [2.75, 3.05) is 26.0 Å². The Morgan fingerprint density at radius 2 is 1.75 bits per heavy atom. The molecule has 3 atom stereocenters. The van der Waals surface area contributed by atoms with Gasteiger partial charge in [0.05, 0.1) is 12.5 Å². The van der Waals surface area contributed by atoms with E-state index in [1.54, 1.807) is 13.2 Å². The number of nitrogens with zero attached hydrogens (tertiary/aromatic N) is 1. The van der Waals surface area contributed by atoms with Gasteiger partial charge in [0.1, 0.15) is 11.3 Å². The lowest BCUT2D eigenvalue weighted by Crippen LogP contribution is -2.58. The number of anilines is 1. The van der Waals surface area contributed by atoms with Gasteiger partial charge in [-0.05, 0) is 42.8 Å². The molecule has 6 rings (SSSR count). The number of fused-ring (bicyclic) bond motifs is 4. The summed E-state index contributed by atoms with van der Waals surface area (Å²) in [5, 5.41) is 0.986. The van der Waals surface area contributed by atoms with E-state index in [0.717, 1.165) is 27.7 Å². The molecule has 0 aromatic heterocycles. The van der Waals surface area contributed by atoms with Crippen LogP contribution >= 0.6 is 0 Å². The van der Waals surface area contributed by atoms with Crippen molar-refractivity contribution in [1.29, 1.82) is 0 Å². The highest BCUT2D eigenvalue weighted by Gasteiger charge is 2.74. The monoisotopic (exact) mass is 426 g/mol. The summed E-state index contributed by atoms with van der Waals surface area (Å²) in [5.74, 6) is 0.149. The normalized spacial score (nSPS) is 29.0. The zero-order chi connectivity index (χ0) is 23.0. The number of hydrogen-bond acceptors (Lipinski definition) is 4. The molecule has 5 heteroatoms. The van der Waals surface area contributed by atoms with Crippen molar-refractivity contribution >= 4 is 17.4 Å². The molecule has 0 saturated carbocycles. The standard InChI is InChI=1S/C27H24N2O3/c1-29-16-22(17-11-13-19(32-2)14-12-17)26(15-18-7-3-4-8-20(18)24(26)30)27(29)21-9-5-6-10-23(21)28-25(27)31/h3-14,22H,15-16H2,1-2H3,(H,28,31)/t22-,26+,27+/m0/s1/i/hT. The van der Waals surface area contributed by atoms with Crippen molar-refractivity contribution in [3.63, 3.8) is 0 Å². The van der Waals surface area contributed by atoms with Crippen LogP contribution in [0.2, 0.25) is 1.41 Å². The summed E-state index contributed by atoms with van der Waals surface area (Å²) in [4.78, 5) is 30.5. The molecule has 3 aromatic carbocycles. The van der Waals surface area contributed by atoms with Crippen molar-refractivity contribution in [3.05, 3.63) is 95.1 Å². The molecule has 2 aliphatic heterocycles. The van der Waals surface area contributed by atoms with Crippen molar-refractivity contribution < 1.29 is 15.7 Å². The van der Waals surface area contributed by atoms with Crippen molar-refractivity contribution in [2.45, 2.75) is 17.9 Å². The third-order valence-electron chi connectivity index (χ3n) is 7.75. The van der Waals surface area contributed by atoms with E-state index in [0.29, 0.717) is 24.2 Å². The number of carbonyl (C=O) groups is 2. The summed E-state index contributed by atoms with van der Waals surface area (Å²) >= 11 is 0. The van der Waals surface area contributed by atoms with E-state index in [2.05, 4.69) is 0 Å². The minimum Gasteiger partial charge on any atom is -0.497 e. The Morgan fingerprint density at radius 1 is 1.03 bits per heavy atom. The minimum absolute atomic E-state index is 0.0123. The zero-order valence-corrected chi connectivity index (χ0v) is 18.0. The second-order valence-corrected chi connectivity index (χ2v) is 8.99. The van der Waals surface area contributed by atoms with Crippen LogP contribution in [0.1, 0.15) is 33.0 Å². The van der Waals surface area contributed by atoms with Crippen LogP contribution in [0.3, 0.4) is 0 Å². The van der Waals surface area contributed by atoms with Gasteiger partial charge in [-0.3, -0.25) is 14.5 Å². The quantitative estimate of drug-likeness (QED) is 0.673. The Morgan fingerprint density at radius 3 is 2.50 bits per heavy atom. The highest BCUT2D eigenvalue weighted by molar-refractivity contribution is 6.16. The van der Waals surface area contributed by atoms with Gasteiger partial charge in [0.25, 0.3) is 5.91 Å². The number of carbonyl (C=O) groups excluding carboxylic acids is 2. The molecule has 1 amide bonds. The number of hydrogen-bond donors (Lipinski definition) is 1. The van der Waals surface area contributed by atoms with Crippen LogP contribution in [-0.2, 0) is 16.8 Å².